The van der Waals surface area contributed by atoms with Gasteiger partial charge < -0.3 is 14.4 Å². The maximum Gasteiger partial charge on any atom is 0.256 e. The summed E-state index contributed by atoms with van der Waals surface area (Å²) in [6.45, 7) is 9.36. The first-order valence-corrected chi connectivity index (χ1v) is 7.44. The van der Waals surface area contributed by atoms with Gasteiger partial charge in [-0.25, -0.2) is 4.98 Å². The lowest BCUT2D eigenvalue weighted by atomic mass is 10.2. The predicted molar refractivity (Wildman–Crippen MR) is 85.4 cm³/mol. The van der Waals surface area contributed by atoms with Crippen LogP contribution in [0.2, 0.25) is 5.02 Å². The maximum absolute atomic E-state index is 12.4. The Morgan fingerprint density at radius 2 is 2.23 bits per heavy atom. The summed E-state index contributed by atoms with van der Waals surface area (Å²) in [5.74, 6) is 0.151. The van der Waals surface area contributed by atoms with Gasteiger partial charge >= 0.3 is 0 Å². The van der Waals surface area contributed by atoms with Crippen LogP contribution in [0.15, 0.2) is 37.6 Å². The van der Waals surface area contributed by atoms with E-state index in [1.165, 1.54) is 6.20 Å². The first-order valence-electron chi connectivity index (χ1n) is 7.06. The summed E-state index contributed by atoms with van der Waals surface area (Å²) in [6.07, 6.45) is 5.57. The van der Waals surface area contributed by atoms with Crippen molar-refractivity contribution >= 4 is 17.5 Å². The molecule has 0 spiro atoms. The summed E-state index contributed by atoms with van der Waals surface area (Å²) in [6, 6.07) is 1.57. The number of halogens is 1. The summed E-state index contributed by atoms with van der Waals surface area (Å²) in [5.41, 5.74) is 0.406. The van der Waals surface area contributed by atoms with Crippen molar-refractivity contribution < 1.29 is 14.3 Å². The Labute approximate surface area is 135 Å². The third kappa shape index (κ3) is 4.08. The molecular formula is C16H19ClN2O3. The monoisotopic (exact) mass is 322 g/mol. The van der Waals surface area contributed by atoms with Gasteiger partial charge in [-0.05, 0) is 6.07 Å². The highest BCUT2D eigenvalue weighted by molar-refractivity contribution is 6.32. The Balaban J connectivity index is 2.11. The zero-order valence-electron chi connectivity index (χ0n) is 12.3. The second kappa shape index (κ2) is 7.96. The molecule has 118 valence electrons. The fourth-order valence-corrected chi connectivity index (χ4v) is 2.34. The Morgan fingerprint density at radius 3 is 2.77 bits per heavy atom. The molecule has 1 aliphatic heterocycles. The van der Waals surface area contributed by atoms with Crippen LogP contribution in [0.3, 0.4) is 0 Å². The molecule has 0 aliphatic carbocycles. The van der Waals surface area contributed by atoms with E-state index in [-0.39, 0.29) is 12.0 Å². The largest absolute Gasteiger partial charge is 0.471 e. The second-order valence-electron chi connectivity index (χ2n) is 4.90. The van der Waals surface area contributed by atoms with E-state index in [1.54, 1.807) is 23.1 Å². The Kier molecular flexibility index (Phi) is 5.98. The average Bonchev–Trinajstić information content (AvgIpc) is 3.01. The van der Waals surface area contributed by atoms with E-state index in [9.17, 15) is 4.79 Å². The van der Waals surface area contributed by atoms with Crippen molar-refractivity contribution in [3.63, 3.8) is 0 Å². The normalized spacial score (nSPS) is 17.0. The molecule has 0 N–H and O–H groups in total. The maximum atomic E-state index is 12.4. The molecule has 2 rings (SSSR count). The quantitative estimate of drug-likeness (QED) is 0.724. The molecule has 5 nitrogen and oxygen atoms in total. The molecule has 1 aliphatic rings. The second-order valence-corrected chi connectivity index (χ2v) is 5.31. The van der Waals surface area contributed by atoms with Gasteiger partial charge in [0, 0.05) is 25.7 Å². The van der Waals surface area contributed by atoms with Crippen LogP contribution in [0, 0.1) is 0 Å². The van der Waals surface area contributed by atoms with Gasteiger partial charge in [0.25, 0.3) is 5.91 Å². The minimum atomic E-state index is -0.176. The zero-order chi connectivity index (χ0) is 15.9. The summed E-state index contributed by atoms with van der Waals surface area (Å²) in [7, 11) is 0. The van der Waals surface area contributed by atoms with Crippen LogP contribution >= 0.6 is 11.6 Å². The van der Waals surface area contributed by atoms with Crippen LogP contribution < -0.4 is 4.74 Å². The molecule has 0 bridgehead atoms. The fourth-order valence-electron chi connectivity index (χ4n) is 2.13. The van der Waals surface area contributed by atoms with E-state index in [1.807, 2.05) is 0 Å². The summed E-state index contributed by atoms with van der Waals surface area (Å²) >= 11 is 6.17. The number of hydrogen-bond acceptors (Lipinski definition) is 4. The first-order chi connectivity index (χ1) is 10.7. The summed E-state index contributed by atoms with van der Waals surface area (Å²) in [5, 5.41) is 0.315. The number of rotatable bonds is 7. The highest BCUT2D eigenvalue weighted by atomic mass is 35.5. The topological polar surface area (TPSA) is 51.7 Å². The number of hydrogen-bond donors (Lipinski definition) is 0. The molecule has 6 heteroatoms. The van der Waals surface area contributed by atoms with Gasteiger partial charge in [0.15, 0.2) is 0 Å². The number of carbonyl (C=O) groups excluding carboxylic acids is 1. The lowest BCUT2D eigenvalue weighted by molar-refractivity contribution is 0.0790. The predicted octanol–water partition coefficient (Wildman–Crippen LogP) is 2.72. The number of nitrogens with zero attached hydrogens (tertiary/aromatic N) is 2. The molecule has 0 radical (unpaired) electrons. The minimum absolute atomic E-state index is 0.0374. The molecule has 1 aromatic rings. The van der Waals surface area contributed by atoms with E-state index in [4.69, 9.17) is 21.1 Å². The lowest BCUT2D eigenvalue weighted by Crippen LogP contribution is -2.31. The molecular weight excluding hydrogens is 304 g/mol. The van der Waals surface area contributed by atoms with Crippen LogP contribution in [0.5, 0.6) is 5.88 Å². The lowest BCUT2D eigenvalue weighted by Gasteiger charge is -2.19. The minimum Gasteiger partial charge on any atom is -0.471 e. The highest BCUT2D eigenvalue weighted by Gasteiger charge is 2.21. The zero-order valence-corrected chi connectivity index (χ0v) is 13.1. The van der Waals surface area contributed by atoms with Crippen LogP contribution in [-0.2, 0) is 4.74 Å². The number of amides is 1. The van der Waals surface area contributed by atoms with Crippen molar-refractivity contribution in [1.82, 2.24) is 9.88 Å². The first kappa shape index (κ1) is 16.5. The fraction of sp³-hybridized carbons (Fsp3) is 0.375. The molecule has 1 fully saturated rings. The molecule has 0 aromatic carbocycles. The smallest absolute Gasteiger partial charge is 0.256 e. The van der Waals surface area contributed by atoms with E-state index in [0.29, 0.717) is 42.8 Å². The van der Waals surface area contributed by atoms with E-state index in [0.717, 1.165) is 6.42 Å². The van der Waals surface area contributed by atoms with Crippen LogP contribution in [0.25, 0.3) is 0 Å². The van der Waals surface area contributed by atoms with Crippen LogP contribution in [0.4, 0.5) is 0 Å². The Bertz CT molecular complexity index is 546. The molecule has 0 saturated carbocycles. The molecule has 1 amide bonds. The Hall–Kier alpha value is -1.85. The SMILES string of the molecule is C=CCN(CC=C)C(=O)c1cnc(OC2CCOC2)c(Cl)c1. The van der Waals surface area contributed by atoms with Crippen LogP contribution in [0.1, 0.15) is 16.8 Å². The van der Waals surface area contributed by atoms with Gasteiger partial charge in [-0.1, -0.05) is 23.8 Å². The number of carbonyl (C=O) groups is 1. The van der Waals surface area contributed by atoms with Crippen molar-refractivity contribution in [2.24, 2.45) is 0 Å². The summed E-state index contributed by atoms with van der Waals surface area (Å²) < 4.78 is 10.9. The molecule has 1 saturated heterocycles. The average molecular weight is 323 g/mol. The van der Waals surface area contributed by atoms with Gasteiger partial charge in [-0.3, -0.25) is 4.79 Å². The number of ether oxygens (including phenoxy) is 2. The number of pyridine rings is 1. The molecule has 22 heavy (non-hydrogen) atoms. The summed E-state index contributed by atoms with van der Waals surface area (Å²) in [4.78, 5) is 18.2. The van der Waals surface area contributed by atoms with Gasteiger partial charge in [-0.15, -0.1) is 13.2 Å². The van der Waals surface area contributed by atoms with E-state index >= 15 is 0 Å². The highest BCUT2D eigenvalue weighted by Crippen LogP contribution is 2.25. The van der Waals surface area contributed by atoms with E-state index < -0.39 is 0 Å². The van der Waals surface area contributed by atoms with Crippen molar-refractivity contribution in [2.75, 3.05) is 26.3 Å². The van der Waals surface area contributed by atoms with Crippen molar-refractivity contribution in [2.45, 2.75) is 12.5 Å². The van der Waals surface area contributed by atoms with Crippen molar-refractivity contribution in [1.29, 1.82) is 0 Å². The van der Waals surface area contributed by atoms with Gasteiger partial charge in [0.2, 0.25) is 5.88 Å². The van der Waals surface area contributed by atoms with E-state index in [2.05, 4.69) is 18.1 Å². The molecule has 1 aromatic heterocycles. The molecule has 1 unspecified atom stereocenters. The Morgan fingerprint density at radius 1 is 1.50 bits per heavy atom. The third-order valence-corrected chi connectivity index (χ3v) is 3.48. The van der Waals surface area contributed by atoms with Crippen LogP contribution in [-0.4, -0.2) is 48.2 Å². The standard InChI is InChI=1S/C16H19ClN2O3/c1-3-6-19(7-4-2)16(20)12-9-14(17)15(18-10-12)22-13-5-8-21-11-13/h3-4,9-10,13H,1-2,5-8,11H2. The third-order valence-electron chi connectivity index (χ3n) is 3.21. The van der Waals surface area contributed by atoms with Crippen molar-refractivity contribution in [3.8, 4) is 5.88 Å². The van der Waals surface area contributed by atoms with Gasteiger partial charge in [-0.2, -0.15) is 0 Å². The van der Waals surface area contributed by atoms with Crippen molar-refractivity contribution in [3.05, 3.63) is 48.2 Å². The van der Waals surface area contributed by atoms with Gasteiger partial charge in [0.05, 0.1) is 18.8 Å². The molecule has 2 heterocycles. The molecule has 1 atom stereocenters. The van der Waals surface area contributed by atoms with Gasteiger partial charge in [0.1, 0.15) is 11.1 Å². The number of aromatic nitrogens is 1.